The van der Waals surface area contributed by atoms with Gasteiger partial charge in [-0.25, -0.2) is 0 Å². The van der Waals surface area contributed by atoms with Crippen molar-refractivity contribution in [3.05, 3.63) is 53.1 Å². The summed E-state index contributed by atoms with van der Waals surface area (Å²) in [6, 6.07) is 11.1. The van der Waals surface area contributed by atoms with E-state index in [1.165, 1.54) is 0 Å². The molecular formula is C20H20N2O4. The van der Waals surface area contributed by atoms with Gasteiger partial charge >= 0.3 is 0 Å². The molecule has 0 unspecified atom stereocenters. The Bertz CT molecular complexity index is 887. The van der Waals surface area contributed by atoms with E-state index in [-0.39, 0.29) is 24.5 Å². The summed E-state index contributed by atoms with van der Waals surface area (Å²) < 4.78 is 10.6. The van der Waals surface area contributed by atoms with Gasteiger partial charge in [-0.05, 0) is 43.7 Å². The SMILES string of the molecule is Cc1ccc(NC(=O)C2CN(C(=O)c3ccc4c(c3)OCO4)C2)c(C)c1. The van der Waals surface area contributed by atoms with Crippen molar-refractivity contribution >= 4 is 17.5 Å². The lowest BCUT2D eigenvalue weighted by molar-refractivity contribution is -0.123. The molecule has 2 aromatic rings. The Balaban J connectivity index is 1.36. The molecule has 2 aromatic carbocycles. The van der Waals surface area contributed by atoms with Gasteiger partial charge in [0.15, 0.2) is 11.5 Å². The maximum Gasteiger partial charge on any atom is 0.254 e. The van der Waals surface area contributed by atoms with Crippen LogP contribution in [0.25, 0.3) is 0 Å². The predicted molar refractivity (Wildman–Crippen MR) is 96.5 cm³/mol. The van der Waals surface area contributed by atoms with Crippen LogP contribution in [0, 0.1) is 19.8 Å². The number of benzene rings is 2. The fourth-order valence-corrected chi connectivity index (χ4v) is 3.21. The van der Waals surface area contributed by atoms with Gasteiger partial charge in [-0.1, -0.05) is 17.7 Å². The van der Waals surface area contributed by atoms with Gasteiger partial charge < -0.3 is 19.7 Å². The predicted octanol–water partition coefficient (Wildman–Crippen LogP) is 2.74. The van der Waals surface area contributed by atoms with E-state index in [4.69, 9.17) is 9.47 Å². The fourth-order valence-electron chi connectivity index (χ4n) is 3.21. The fraction of sp³-hybridized carbons (Fsp3) is 0.300. The first kappa shape index (κ1) is 16.4. The number of anilines is 1. The highest BCUT2D eigenvalue weighted by Crippen LogP contribution is 2.33. The van der Waals surface area contributed by atoms with Crippen molar-refractivity contribution in [2.75, 3.05) is 25.2 Å². The van der Waals surface area contributed by atoms with Gasteiger partial charge in [0, 0.05) is 24.3 Å². The van der Waals surface area contributed by atoms with Crippen LogP contribution in [0.5, 0.6) is 11.5 Å². The number of carbonyl (C=O) groups is 2. The summed E-state index contributed by atoms with van der Waals surface area (Å²) in [6.45, 7) is 5.01. The standard InChI is InChI=1S/C20H20N2O4/c1-12-3-5-16(13(2)7-12)21-19(23)15-9-22(10-15)20(24)14-4-6-17-18(8-14)26-11-25-17/h3-8,15H,9-11H2,1-2H3,(H,21,23). The van der Waals surface area contributed by atoms with Gasteiger partial charge in [-0.15, -0.1) is 0 Å². The minimum atomic E-state index is -0.186. The van der Waals surface area contributed by atoms with Crippen molar-refractivity contribution in [1.82, 2.24) is 4.90 Å². The van der Waals surface area contributed by atoms with Crippen molar-refractivity contribution in [2.24, 2.45) is 5.92 Å². The van der Waals surface area contributed by atoms with E-state index in [1.807, 2.05) is 32.0 Å². The molecule has 2 aliphatic rings. The minimum Gasteiger partial charge on any atom is -0.454 e. The molecule has 2 aliphatic heterocycles. The number of aryl methyl sites for hydroxylation is 2. The van der Waals surface area contributed by atoms with Crippen LogP contribution in [0.15, 0.2) is 36.4 Å². The molecule has 0 aliphatic carbocycles. The number of rotatable bonds is 3. The smallest absolute Gasteiger partial charge is 0.254 e. The molecule has 0 spiro atoms. The van der Waals surface area contributed by atoms with Crippen LogP contribution in [0.3, 0.4) is 0 Å². The molecule has 4 rings (SSSR count). The lowest BCUT2D eigenvalue weighted by Gasteiger charge is -2.38. The first-order chi connectivity index (χ1) is 12.5. The van der Waals surface area contributed by atoms with Gasteiger partial charge in [-0.3, -0.25) is 9.59 Å². The normalized spacial score (nSPS) is 15.5. The molecule has 0 saturated carbocycles. The third kappa shape index (κ3) is 2.98. The average Bonchev–Trinajstić information content (AvgIpc) is 3.03. The molecule has 134 valence electrons. The molecule has 0 bridgehead atoms. The summed E-state index contributed by atoms with van der Waals surface area (Å²) in [7, 11) is 0. The lowest BCUT2D eigenvalue weighted by Crippen LogP contribution is -2.54. The van der Waals surface area contributed by atoms with Crippen LogP contribution < -0.4 is 14.8 Å². The van der Waals surface area contributed by atoms with E-state index in [9.17, 15) is 9.59 Å². The summed E-state index contributed by atoms with van der Waals surface area (Å²) in [5.41, 5.74) is 3.55. The first-order valence-corrected chi connectivity index (χ1v) is 8.58. The molecule has 0 aromatic heterocycles. The molecule has 0 atom stereocenters. The summed E-state index contributed by atoms with van der Waals surface area (Å²) >= 11 is 0. The van der Waals surface area contributed by atoms with E-state index in [0.29, 0.717) is 30.2 Å². The molecule has 1 N–H and O–H groups in total. The zero-order chi connectivity index (χ0) is 18.3. The van der Waals surface area contributed by atoms with Crippen LogP contribution in [-0.4, -0.2) is 36.6 Å². The van der Waals surface area contributed by atoms with Crippen LogP contribution >= 0.6 is 0 Å². The number of likely N-dealkylation sites (tertiary alicyclic amines) is 1. The highest BCUT2D eigenvalue weighted by molar-refractivity contribution is 5.99. The van der Waals surface area contributed by atoms with Gasteiger partial charge in [0.25, 0.3) is 5.91 Å². The molecule has 2 amide bonds. The van der Waals surface area contributed by atoms with Gasteiger partial charge in [0.05, 0.1) is 5.92 Å². The number of ether oxygens (including phenoxy) is 2. The van der Waals surface area contributed by atoms with E-state index in [1.54, 1.807) is 23.1 Å². The van der Waals surface area contributed by atoms with Crippen molar-refractivity contribution in [3.63, 3.8) is 0 Å². The van der Waals surface area contributed by atoms with Crippen molar-refractivity contribution in [3.8, 4) is 11.5 Å². The Hall–Kier alpha value is -3.02. The second-order valence-corrected chi connectivity index (χ2v) is 6.78. The summed E-state index contributed by atoms with van der Waals surface area (Å²) in [6.07, 6.45) is 0. The van der Waals surface area contributed by atoms with Gasteiger partial charge in [-0.2, -0.15) is 0 Å². The number of nitrogens with zero attached hydrogens (tertiary/aromatic N) is 1. The third-order valence-electron chi connectivity index (χ3n) is 4.80. The largest absolute Gasteiger partial charge is 0.454 e. The molecule has 6 nitrogen and oxygen atoms in total. The number of fused-ring (bicyclic) bond motifs is 1. The van der Waals surface area contributed by atoms with Crippen molar-refractivity contribution < 1.29 is 19.1 Å². The van der Waals surface area contributed by atoms with Crippen molar-refractivity contribution in [2.45, 2.75) is 13.8 Å². The number of hydrogen-bond acceptors (Lipinski definition) is 4. The van der Waals surface area contributed by atoms with Crippen LogP contribution in [0.2, 0.25) is 0 Å². The summed E-state index contributed by atoms with van der Waals surface area (Å²) in [5, 5.41) is 2.96. The summed E-state index contributed by atoms with van der Waals surface area (Å²) in [4.78, 5) is 26.6. The molecule has 2 heterocycles. The molecule has 1 fully saturated rings. The van der Waals surface area contributed by atoms with E-state index in [2.05, 4.69) is 5.32 Å². The van der Waals surface area contributed by atoms with Crippen LogP contribution in [-0.2, 0) is 4.79 Å². The number of amides is 2. The quantitative estimate of drug-likeness (QED) is 0.922. The average molecular weight is 352 g/mol. The van der Waals surface area contributed by atoms with E-state index in [0.717, 1.165) is 16.8 Å². The lowest BCUT2D eigenvalue weighted by atomic mass is 9.97. The Labute approximate surface area is 151 Å². The zero-order valence-corrected chi connectivity index (χ0v) is 14.7. The highest BCUT2D eigenvalue weighted by atomic mass is 16.7. The molecule has 26 heavy (non-hydrogen) atoms. The van der Waals surface area contributed by atoms with Crippen LogP contribution in [0.4, 0.5) is 5.69 Å². The monoisotopic (exact) mass is 352 g/mol. The second kappa shape index (κ2) is 6.37. The van der Waals surface area contributed by atoms with Crippen molar-refractivity contribution in [1.29, 1.82) is 0 Å². The van der Waals surface area contributed by atoms with E-state index >= 15 is 0 Å². The van der Waals surface area contributed by atoms with E-state index < -0.39 is 0 Å². The second-order valence-electron chi connectivity index (χ2n) is 6.78. The number of carbonyl (C=O) groups excluding carboxylic acids is 2. The Morgan fingerprint density at radius 3 is 2.58 bits per heavy atom. The molecule has 1 saturated heterocycles. The zero-order valence-electron chi connectivity index (χ0n) is 14.7. The Morgan fingerprint density at radius 2 is 1.81 bits per heavy atom. The third-order valence-corrected chi connectivity index (χ3v) is 4.80. The summed E-state index contributed by atoms with van der Waals surface area (Å²) in [5.74, 6) is 0.899. The number of hydrogen-bond donors (Lipinski definition) is 1. The maximum atomic E-state index is 12.5. The first-order valence-electron chi connectivity index (χ1n) is 8.58. The number of nitrogens with one attached hydrogen (secondary N) is 1. The molecule has 6 heteroatoms. The minimum absolute atomic E-state index is 0.0494. The molecular weight excluding hydrogens is 332 g/mol. The van der Waals surface area contributed by atoms with Crippen LogP contribution in [0.1, 0.15) is 21.5 Å². The maximum absolute atomic E-state index is 12.5. The topological polar surface area (TPSA) is 67.9 Å². The Kier molecular flexibility index (Phi) is 4.03. The Morgan fingerprint density at radius 1 is 1.04 bits per heavy atom. The van der Waals surface area contributed by atoms with Gasteiger partial charge in [0.2, 0.25) is 12.7 Å². The van der Waals surface area contributed by atoms with Gasteiger partial charge in [0.1, 0.15) is 0 Å². The highest BCUT2D eigenvalue weighted by Gasteiger charge is 2.36. The molecule has 0 radical (unpaired) electrons.